The van der Waals surface area contributed by atoms with Gasteiger partial charge in [-0.1, -0.05) is 0 Å². The molecule has 0 aliphatic carbocycles. The number of aromatic nitrogens is 3. The van der Waals surface area contributed by atoms with Crippen molar-refractivity contribution >= 4 is 44.9 Å². The van der Waals surface area contributed by atoms with E-state index in [0.717, 1.165) is 27.3 Å². The summed E-state index contributed by atoms with van der Waals surface area (Å²) in [7, 11) is 1.64. The largest absolute Gasteiger partial charge is 0.497 e. The van der Waals surface area contributed by atoms with E-state index in [1.807, 2.05) is 49.4 Å². The summed E-state index contributed by atoms with van der Waals surface area (Å²) in [4.78, 5) is 25.5. The van der Waals surface area contributed by atoms with E-state index in [9.17, 15) is 4.79 Å². The maximum absolute atomic E-state index is 12.4. The number of hydrogen-bond donors (Lipinski definition) is 3. The van der Waals surface area contributed by atoms with E-state index < -0.39 is 0 Å². The standard InChI is InChI=1S/C22H22N6O2S/c1-14-11-20(27-16-4-6-17(30-2)7-5-16)28-22(26-14)24-10-9-23-21(29)15-3-8-18-19(12-15)31-13-25-18/h3-8,11-13H,9-10H2,1-2H3,(H,23,29)(H2,24,26,27,28). The van der Waals surface area contributed by atoms with E-state index in [-0.39, 0.29) is 5.91 Å². The predicted molar refractivity (Wildman–Crippen MR) is 123 cm³/mol. The molecule has 0 bridgehead atoms. The molecular formula is C22H22N6O2S. The summed E-state index contributed by atoms with van der Waals surface area (Å²) < 4.78 is 6.17. The molecule has 0 atom stereocenters. The molecule has 8 nitrogen and oxygen atoms in total. The van der Waals surface area contributed by atoms with Crippen LogP contribution in [0.4, 0.5) is 17.5 Å². The van der Waals surface area contributed by atoms with Gasteiger partial charge in [0.1, 0.15) is 11.6 Å². The van der Waals surface area contributed by atoms with Crippen molar-refractivity contribution in [3.05, 3.63) is 65.3 Å². The molecule has 0 saturated heterocycles. The third-order valence-corrected chi connectivity index (χ3v) is 5.30. The van der Waals surface area contributed by atoms with Gasteiger partial charge in [0.25, 0.3) is 5.91 Å². The molecule has 0 radical (unpaired) electrons. The number of thiazole rings is 1. The predicted octanol–water partition coefficient (Wildman–Crippen LogP) is 3.99. The molecule has 3 N–H and O–H groups in total. The molecule has 0 spiro atoms. The molecule has 31 heavy (non-hydrogen) atoms. The highest BCUT2D eigenvalue weighted by Crippen LogP contribution is 2.20. The van der Waals surface area contributed by atoms with E-state index in [1.165, 1.54) is 11.3 Å². The first kappa shape index (κ1) is 20.5. The Bertz CT molecular complexity index is 1190. The molecule has 0 aliphatic rings. The molecule has 158 valence electrons. The maximum atomic E-state index is 12.4. The maximum Gasteiger partial charge on any atom is 0.251 e. The zero-order valence-corrected chi connectivity index (χ0v) is 18.0. The number of rotatable bonds is 8. The van der Waals surface area contributed by atoms with E-state index in [1.54, 1.807) is 18.7 Å². The third-order valence-electron chi connectivity index (χ3n) is 4.50. The molecule has 0 unspecified atom stereocenters. The average molecular weight is 435 g/mol. The fourth-order valence-corrected chi connectivity index (χ4v) is 3.70. The minimum atomic E-state index is -0.121. The number of ether oxygens (including phenoxy) is 1. The zero-order valence-electron chi connectivity index (χ0n) is 17.2. The highest BCUT2D eigenvalue weighted by atomic mass is 32.1. The van der Waals surface area contributed by atoms with Gasteiger partial charge in [0.15, 0.2) is 0 Å². The molecule has 0 saturated carbocycles. The number of carbonyl (C=O) groups is 1. The first-order chi connectivity index (χ1) is 15.1. The van der Waals surface area contributed by atoms with Crippen LogP contribution >= 0.6 is 11.3 Å². The summed E-state index contributed by atoms with van der Waals surface area (Å²) >= 11 is 1.52. The van der Waals surface area contributed by atoms with Gasteiger partial charge in [0.05, 0.1) is 22.8 Å². The van der Waals surface area contributed by atoms with Crippen molar-refractivity contribution in [2.45, 2.75) is 6.92 Å². The van der Waals surface area contributed by atoms with Crippen molar-refractivity contribution in [1.29, 1.82) is 0 Å². The number of amides is 1. The van der Waals surface area contributed by atoms with Crippen LogP contribution in [0.15, 0.2) is 54.0 Å². The normalized spacial score (nSPS) is 10.6. The SMILES string of the molecule is COc1ccc(Nc2cc(C)nc(NCCNC(=O)c3ccc4ncsc4c3)n2)cc1. The fourth-order valence-electron chi connectivity index (χ4n) is 2.98. The fraction of sp³-hybridized carbons (Fsp3) is 0.182. The quantitative estimate of drug-likeness (QED) is 0.361. The van der Waals surface area contributed by atoms with Gasteiger partial charge in [0.2, 0.25) is 5.95 Å². The number of fused-ring (bicyclic) bond motifs is 1. The minimum Gasteiger partial charge on any atom is -0.497 e. The lowest BCUT2D eigenvalue weighted by Gasteiger charge is -2.11. The molecule has 0 aliphatic heterocycles. The van der Waals surface area contributed by atoms with Crippen LogP contribution in [0, 0.1) is 6.92 Å². The summed E-state index contributed by atoms with van der Waals surface area (Å²) in [6.07, 6.45) is 0. The van der Waals surface area contributed by atoms with Crippen molar-refractivity contribution in [1.82, 2.24) is 20.3 Å². The number of anilines is 3. The lowest BCUT2D eigenvalue weighted by Crippen LogP contribution is -2.29. The van der Waals surface area contributed by atoms with Crippen LogP contribution in [0.25, 0.3) is 10.2 Å². The van der Waals surface area contributed by atoms with Gasteiger partial charge in [-0.3, -0.25) is 4.79 Å². The van der Waals surface area contributed by atoms with E-state index >= 15 is 0 Å². The Balaban J connectivity index is 1.31. The Morgan fingerprint density at radius 3 is 2.71 bits per heavy atom. The summed E-state index contributed by atoms with van der Waals surface area (Å²) in [5, 5.41) is 9.32. The van der Waals surface area contributed by atoms with Crippen LogP contribution in [0.5, 0.6) is 5.75 Å². The average Bonchev–Trinajstić information content (AvgIpc) is 3.25. The molecule has 0 fully saturated rings. The Kier molecular flexibility index (Phi) is 6.23. The molecule has 2 aromatic carbocycles. The van der Waals surface area contributed by atoms with Crippen molar-refractivity contribution in [3.8, 4) is 5.75 Å². The topological polar surface area (TPSA) is 101 Å². The van der Waals surface area contributed by atoms with E-state index in [4.69, 9.17) is 4.74 Å². The van der Waals surface area contributed by atoms with Gasteiger partial charge < -0.3 is 20.7 Å². The van der Waals surface area contributed by atoms with Crippen LogP contribution in [-0.2, 0) is 0 Å². The Hall–Kier alpha value is -3.72. The summed E-state index contributed by atoms with van der Waals surface area (Å²) in [6, 6.07) is 15.0. The van der Waals surface area contributed by atoms with Crippen molar-refractivity contribution in [3.63, 3.8) is 0 Å². The lowest BCUT2D eigenvalue weighted by atomic mass is 10.2. The Morgan fingerprint density at radius 2 is 1.90 bits per heavy atom. The van der Waals surface area contributed by atoms with E-state index in [2.05, 4.69) is 30.9 Å². The molecule has 1 amide bonds. The Labute approximate surface area is 183 Å². The second-order valence-electron chi connectivity index (χ2n) is 6.79. The number of aryl methyl sites for hydroxylation is 1. The molecule has 4 rings (SSSR count). The third kappa shape index (κ3) is 5.26. The summed E-state index contributed by atoms with van der Waals surface area (Å²) in [5.74, 6) is 1.85. The van der Waals surface area contributed by atoms with Gasteiger partial charge in [-0.25, -0.2) is 9.97 Å². The van der Waals surface area contributed by atoms with Crippen LogP contribution in [-0.4, -0.2) is 41.1 Å². The molecule has 2 aromatic heterocycles. The van der Waals surface area contributed by atoms with Crippen molar-refractivity contribution in [2.75, 3.05) is 30.8 Å². The number of hydrogen-bond acceptors (Lipinski definition) is 8. The molecule has 4 aromatic rings. The smallest absolute Gasteiger partial charge is 0.251 e. The van der Waals surface area contributed by atoms with Crippen LogP contribution in [0.3, 0.4) is 0 Å². The first-order valence-electron chi connectivity index (χ1n) is 9.73. The lowest BCUT2D eigenvalue weighted by molar-refractivity contribution is 0.0955. The number of nitrogens with one attached hydrogen (secondary N) is 3. The number of methoxy groups -OCH3 is 1. The van der Waals surface area contributed by atoms with Crippen LogP contribution in [0.2, 0.25) is 0 Å². The number of nitrogens with zero attached hydrogens (tertiary/aromatic N) is 3. The van der Waals surface area contributed by atoms with Gasteiger partial charge in [-0.2, -0.15) is 4.98 Å². The highest BCUT2D eigenvalue weighted by Gasteiger charge is 2.08. The summed E-state index contributed by atoms with van der Waals surface area (Å²) in [5.41, 5.74) is 5.02. The molecule has 2 heterocycles. The van der Waals surface area contributed by atoms with Crippen LogP contribution < -0.4 is 20.7 Å². The Morgan fingerprint density at radius 1 is 1.06 bits per heavy atom. The van der Waals surface area contributed by atoms with Crippen LogP contribution in [0.1, 0.15) is 16.1 Å². The van der Waals surface area contributed by atoms with Crippen molar-refractivity contribution in [2.24, 2.45) is 0 Å². The summed E-state index contributed by atoms with van der Waals surface area (Å²) in [6.45, 7) is 2.85. The highest BCUT2D eigenvalue weighted by molar-refractivity contribution is 7.16. The van der Waals surface area contributed by atoms with Gasteiger partial charge in [-0.15, -0.1) is 11.3 Å². The van der Waals surface area contributed by atoms with E-state index in [0.29, 0.717) is 30.4 Å². The molecule has 9 heteroatoms. The number of carbonyl (C=O) groups excluding carboxylic acids is 1. The first-order valence-corrected chi connectivity index (χ1v) is 10.6. The van der Waals surface area contributed by atoms with Gasteiger partial charge in [-0.05, 0) is 49.4 Å². The second-order valence-corrected chi connectivity index (χ2v) is 7.68. The molecular weight excluding hydrogens is 412 g/mol. The zero-order chi connectivity index (χ0) is 21.6. The van der Waals surface area contributed by atoms with Crippen molar-refractivity contribution < 1.29 is 9.53 Å². The van der Waals surface area contributed by atoms with Gasteiger partial charge >= 0.3 is 0 Å². The second kappa shape index (κ2) is 9.40. The number of benzene rings is 2. The van der Waals surface area contributed by atoms with Gasteiger partial charge in [0, 0.05) is 36.1 Å². The minimum absolute atomic E-state index is 0.121. The monoisotopic (exact) mass is 434 g/mol.